The minimum atomic E-state index is -0.363. The quantitative estimate of drug-likeness (QED) is 0.895. The summed E-state index contributed by atoms with van der Waals surface area (Å²) in [6.45, 7) is 0.782. The van der Waals surface area contributed by atoms with Gasteiger partial charge in [-0.05, 0) is 38.0 Å². The van der Waals surface area contributed by atoms with E-state index in [2.05, 4.69) is 20.4 Å². The number of rotatable bonds is 4. The van der Waals surface area contributed by atoms with Gasteiger partial charge in [0.2, 0.25) is 0 Å². The molecule has 23 heavy (non-hydrogen) atoms. The molecule has 2 aliphatic carbocycles. The van der Waals surface area contributed by atoms with Crippen LogP contribution in [0, 0.1) is 5.92 Å². The van der Waals surface area contributed by atoms with E-state index in [1.54, 1.807) is 12.5 Å². The predicted molar refractivity (Wildman–Crippen MR) is 87.4 cm³/mol. The van der Waals surface area contributed by atoms with Crippen LogP contribution in [-0.2, 0) is 19.4 Å². The van der Waals surface area contributed by atoms with Crippen LogP contribution < -0.4 is 5.32 Å². The molecular weight excluding hydrogens is 314 g/mol. The van der Waals surface area contributed by atoms with Crippen molar-refractivity contribution in [3.63, 3.8) is 0 Å². The van der Waals surface area contributed by atoms with Crippen molar-refractivity contribution in [3.8, 4) is 0 Å². The number of hydrogen-bond acceptors (Lipinski definition) is 5. The zero-order chi connectivity index (χ0) is 15.8. The summed E-state index contributed by atoms with van der Waals surface area (Å²) in [7, 11) is 0. The van der Waals surface area contributed by atoms with Crippen molar-refractivity contribution < 1.29 is 5.11 Å². The Morgan fingerprint density at radius 3 is 3.04 bits per heavy atom. The Hall–Kier alpha value is -1.66. The van der Waals surface area contributed by atoms with E-state index in [1.807, 2.05) is 10.9 Å². The molecule has 1 saturated carbocycles. The van der Waals surface area contributed by atoms with Gasteiger partial charge in [-0.15, -0.1) is 0 Å². The monoisotopic (exact) mass is 333 g/mol. The van der Waals surface area contributed by atoms with Gasteiger partial charge >= 0.3 is 0 Å². The summed E-state index contributed by atoms with van der Waals surface area (Å²) >= 11 is 5.91. The molecule has 0 spiro atoms. The Kier molecular flexibility index (Phi) is 3.95. The van der Waals surface area contributed by atoms with E-state index in [1.165, 1.54) is 5.56 Å². The first-order chi connectivity index (χ1) is 11.2. The third-order valence-corrected chi connectivity index (χ3v) is 5.07. The molecule has 1 fully saturated rings. The second kappa shape index (κ2) is 6.09. The predicted octanol–water partition coefficient (Wildman–Crippen LogP) is 2.07. The first-order valence-electron chi connectivity index (χ1n) is 8.14. The molecule has 3 atom stereocenters. The molecule has 4 rings (SSSR count). The normalized spacial score (nSPS) is 26.4. The van der Waals surface area contributed by atoms with Crippen LogP contribution in [0.1, 0.15) is 30.5 Å². The number of aliphatic hydroxyl groups is 1. The number of aromatic nitrogens is 4. The number of halogens is 1. The van der Waals surface area contributed by atoms with Gasteiger partial charge in [0, 0.05) is 24.0 Å². The van der Waals surface area contributed by atoms with Crippen LogP contribution in [0.2, 0.25) is 5.02 Å². The lowest BCUT2D eigenvalue weighted by Gasteiger charge is -2.18. The van der Waals surface area contributed by atoms with Crippen molar-refractivity contribution in [3.05, 3.63) is 35.0 Å². The van der Waals surface area contributed by atoms with E-state index in [9.17, 15) is 5.11 Å². The van der Waals surface area contributed by atoms with Crippen molar-refractivity contribution in [2.75, 3.05) is 5.32 Å². The summed E-state index contributed by atoms with van der Waals surface area (Å²) in [6, 6.07) is 0.0330. The molecule has 2 aliphatic rings. The molecule has 2 aromatic rings. The van der Waals surface area contributed by atoms with E-state index in [0.29, 0.717) is 10.9 Å². The van der Waals surface area contributed by atoms with Gasteiger partial charge in [0.15, 0.2) is 0 Å². The lowest BCUT2D eigenvalue weighted by Crippen LogP contribution is -2.29. The number of aryl methyl sites for hydroxylation is 1. The first kappa shape index (κ1) is 14.9. The summed E-state index contributed by atoms with van der Waals surface area (Å²) in [5.74, 6) is 1.28. The number of hydrogen-bond donors (Lipinski definition) is 2. The second-order valence-corrected chi connectivity index (χ2v) is 6.97. The van der Waals surface area contributed by atoms with Crippen LogP contribution in [0.5, 0.6) is 0 Å². The Balaban J connectivity index is 1.43. The molecule has 6 nitrogen and oxygen atoms in total. The van der Waals surface area contributed by atoms with Gasteiger partial charge in [0.05, 0.1) is 23.4 Å². The van der Waals surface area contributed by atoms with Gasteiger partial charge in [-0.25, -0.2) is 9.97 Å². The standard InChI is InChI=1S/C16H20ClN5O/c17-11-6-20-22(8-11)7-10-4-14(15(23)5-10)21-16-12-2-1-3-13(12)18-9-19-16/h6,8-10,14-15,23H,1-5,7H2,(H,18,19,21)/t10?,14-,15-/m1/s1. The SMILES string of the molecule is O[C@@H]1CC(Cn2cc(Cl)cn2)C[C@H]1Nc1ncnc2c1CCC2. The highest BCUT2D eigenvalue weighted by Gasteiger charge is 2.34. The summed E-state index contributed by atoms with van der Waals surface area (Å²) in [5.41, 5.74) is 2.37. The van der Waals surface area contributed by atoms with Crippen LogP contribution in [-0.4, -0.2) is 37.0 Å². The minimum absolute atomic E-state index is 0.0330. The Bertz CT molecular complexity index is 704. The topological polar surface area (TPSA) is 75.9 Å². The molecule has 0 aromatic carbocycles. The highest BCUT2D eigenvalue weighted by Crippen LogP contribution is 2.32. The third-order valence-electron chi connectivity index (χ3n) is 4.87. The summed E-state index contributed by atoms with van der Waals surface area (Å²) in [5, 5.41) is 18.7. The smallest absolute Gasteiger partial charge is 0.133 e. The number of nitrogens with one attached hydrogen (secondary N) is 1. The molecule has 122 valence electrons. The fourth-order valence-corrected chi connectivity index (χ4v) is 3.94. The van der Waals surface area contributed by atoms with Crippen LogP contribution in [0.3, 0.4) is 0 Å². The van der Waals surface area contributed by atoms with E-state index in [0.717, 1.165) is 50.2 Å². The van der Waals surface area contributed by atoms with Gasteiger partial charge in [-0.3, -0.25) is 4.68 Å². The lowest BCUT2D eigenvalue weighted by molar-refractivity contribution is 0.166. The molecule has 2 heterocycles. The zero-order valence-corrected chi connectivity index (χ0v) is 13.6. The van der Waals surface area contributed by atoms with Gasteiger partial charge in [-0.1, -0.05) is 11.6 Å². The van der Waals surface area contributed by atoms with Gasteiger partial charge < -0.3 is 10.4 Å². The van der Waals surface area contributed by atoms with Crippen molar-refractivity contribution in [2.24, 2.45) is 5.92 Å². The Morgan fingerprint density at radius 1 is 1.30 bits per heavy atom. The number of aliphatic hydroxyl groups excluding tert-OH is 1. The molecular formula is C16H20ClN5O. The van der Waals surface area contributed by atoms with Crippen LogP contribution in [0.25, 0.3) is 0 Å². The largest absolute Gasteiger partial charge is 0.391 e. The highest BCUT2D eigenvalue weighted by atomic mass is 35.5. The Morgan fingerprint density at radius 2 is 2.22 bits per heavy atom. The molecule has 0 amide bonds. The molecule has 0 radical (unpaired) electrons. The van der Waals surface area contributed by atoms with Crippen molar-refractivity contribution in [2.45, 2.75) is 50.8 Å². The second-order valence-electron chi connectivity index (χ2n) is 6.54. The van der Waals surface area contributed by atoms with E-state index in [-0.39, 0.29) is 12.1 Å². The van der Waals surface area contributed by atoms with Gasteiger partial charge in [-0.2, -0.15) is 5.10 Å². The summed E-state index contributed by atoms with van der Waals surface area (Å²) < 4.78 is 1.85. The molecule has 7 heteroatoms. The average molecular weight is 334 g/mol. The van der Waals surface area contributed by atoms with E-state index in [4.69, 9.17) is 11.6 Å². The third kappa shape index (κ3) is 3.05. The van der Waals surface area contributed by atoms with Crippen molar-refractivity contribution in [1.82, 2.24) is 19.7 Å². The first-order valence-corrected chi connectivity index (χ1v) is 8.52. The summed E-state index contributed by atoms with van der Waals surface area (Å²) in [6.07, 6.45) is 9.59. The molecule has 1 unspecified atom stereocenters. The molecule has 2 aromatic heterocycles. The maximum atomic E-state index is 10.4. The van der Waals surface area contributed by atoms with Gasteiger partial charge in [0.1, 0.15) is 12.1 Å². The summed E-state index contributed by atoms with van der Waals surface area (Å²) in [4.78, 5) is 8.74. The fraction of sp³-hybridized carbons (Fsp3) is 0.562. The van der Waals surface area contributed by atoms with Crippen LogP contribution in [0.4, 0.5) is 5.82 Å². The highest BCUT2D eigenvalue weighted by molar-refractivity contribution is 6.30. The molecule has 0 saturated heterocycles. The maximum absolute atomic E-state index is 10.4. The Labute approximate surface area is 139 Å². The van der Waals surface area contributed by atoms with Gasteiger partial charge in [0.25, 0.3) is 0 Å². The molecule has 2 N–H and O–H groups in total. The lowest BCUT2D eigenvalue weighted by atomic mass is 10.1. The number of nitrogens with zero attached hydrogens (tertiary/aromatic N) is 4. The van der Waals surface area contributed by atoms with Crippen molar-refractivity contribution in [1.29, 1.82) is 0 Å². The maximum Gasteiger partial charge on any atom is 0.133 e. The number of anilines is 1. The van der Waals surface area contributed by atoms with Crippen molar-refractivity contribution >= 4 is 17.4 Å². The van der Waals surface area contributed by atoms with Crippen LogP contribution >= 0.6 is 11.6 Å². The average Bonchev–Trinajstić information content (AvgIpc) is 3.22. The van der Waals surface area contributed by atoms with E-state index >= 15 is 0 Å². The zero-order valence-electron chi connectivity index (χ0n) is 12.8. The number of fused-ring (bicyclic) bond motifs is 1. The van der Waals surface area contributed by atoms with E-state index < -0.39 is 0 Å². The minimum Gasteiger partial charge on any atom is -0.391 e. The molecule has 0 bridgehead atoms. The molecule has 0 aliphatic heterocycles. The fourth-order valence-electron chi connectivity index (χ4n) is 3.78. The van der Waals surface area contributed by atoms with Crippen LogP contribution in [0.15, 0.2) is 18.7 Å².